The summed E-state index contributed by atoms with van der Waals surface area (Å²) >= 11 is 0. The first-order valence-corrected chi connectivity index (χ1v) is 7.46. The molecule has 2 heterocycles. The zero-order valence-electron chi connectivity index (χ0n) is 12.5. The van der Waals surface area contributed by atoms with Gasteiger partial charge < -0.3 is 4.90 Å². The third-order valence-electron chi connectivity index (χ3n) is 4.28. The van der Waals surface area contributed by atoms with Gasteiger partial charge in [0.2, 0.25) is 0 Å². The van der Waals surface area contributed by atoms with E-state index in [1.54, 1.807) is 0 Å². The summed E-state index contributed by atoms with van der Waals surface area (Å²) in [5.41, 5.74) is 4.33. The minimum Gasteiger partial charge on any atom is -0.349 e. The van der Waals surface area contributed by atoms with Crippen LogP contribution in [0, 0.1) is 18.3 Å². The van der Waals surface area contributed by atoms with Gasteiger partial charge in [-0.2, -0.15) is 5.26 Å². The van der Waals surface area contributed by atoms with E-state index < -0.39 is 0 Å². The van der Waals surface area contributed by atoms with Gasteiger partial charge in [-0.05, 0) is 43.0 Å². The normalized spacial score (nSPS) is 17.2. The fraction of sp³-hybridized carbons (Fsp3) is 0.333. The summed E-state index contributed by atoms with van der Waals surface area (Å²) in [6.45, 7) is 5.10. The van der Waals surface area contributed by atoms with E-state index in [4.69, 9.17) is 5.26 Å². The largest absolute Gasteiger partial charge is 0.349 e. The Morgan fingerprint density at radius 2 is 2.10 bits per heavy atom. The number of hydrogen-bond donors (Lipinski definition) is 0. The maximum absolute atomic E-state index is 9.04. The number of nitrogens with zero attached hydrogens (tertiary/aromatic N) is 3. The highest BCUT2D eigenvalue weighted by Crippen LogP contribution is 2.35. The van der Waals surface area contributed by atoms with Crippen LogP contribution in [0.5, 0.6) is 0 Å². The van der Waals surface area contributed by atoms with Gasteiger partial charge in [-0.3, -0.25) is 0 Å². The van der Waals surface area contributed by atoms with Crippen molar-refractivity contribution in [3.8, 4) is 6.07 Å². The van der Waals surface area contributed by atoms with Crippen LogP contribution in [0.2, 0.25) is 0 Å². The van der Waals surface area contributed by atoms with Crippen LogP contribution in [-0.4, -0.2) is 11.5 Å². The van der Waals surface area contributed by atoms with Crippen molar-refractivity contribution in [2.75, 3.05) is 11.4 Å². The molecule has 1 unspecified atom stereocenters. The molecule has 21 heavy (non-hydrogen) atoms. The number of hydrogen-bond acceptors (Lipinski definition) is 3. The molecule has 1 atom stereocenters. The number of rotatable bonds is 2. The lowest BCUT2D eigenvalue weighted by molar-refractivity contribution is 0.561. The Bertz CT molecular complexity index is 700. The first-order valence-electron chi connectivity index (χ1n) is 7.46. The first-order chi connectivity index (χ1) is 10.2. The molecule has 0 saturated carbocycles. The van der Waals surface area contributed by atoms with E-state index in [0.29, 0.717) is 11.6 Å². The summed E-state index contributed by atoms with van der Waals surface area (Å²) in [4.78, 5) is 7.01. The van der Waals surface area contributed by atoms with Gasteiger partial charge in [-0.15, -0.1) is 0 Å². The highest BCUT2D eigenvalue weighted by atomic mass is 15.2. The fourth-order valence-corrected chi connectivity index (χ4v) is 3.19. The number of anilines is 1. The molecule has 0 radical (unpaired) electrons. The number of nitriles is 1. The molecule has 0 aliphatic carbocycles. The average Bonchev–Trinajstić information content (AvgIpc) is 2.53. The highest BCUT2D eigenvalue weighted by molar-refractivity contribution is 5.50. The molecule has 106 valence electrons. The highest BCUT2D eigenvalue weighted by Gasteiger charge is 2.26. The molecule has 1 aromatic heterocycles. The van der Waals surface area contributed by atoms with Crippen molar-refractivity contribution in [3.05, 3.63) is 58.8 Å². The van der Waals surface area contributed by atoms with Crippen molar-refractivity contribution in [2.45, 2.75) is 32.7 Å². The van der Waals surface area contributed by atoms with E-state index >= 15 is 0 Å². The Morgan fingerprint density at radius 3 is 2.81 bits per heavy atom. The Balaban J connectivity index is 2.00. The summed E-state index contributed by atoms with van der Waals surface area (Å²) in [7, 11) is 0. The summed E-state index contributed by atoms with van der Waals surface area (Å²) in [6.07, 6.45) is 2.10. The molecule has 1 aromatic carbocycles. The standard InChI is InChI=1S/C18H19N3/c1-3-17-16-7-5-4-6-14(16)10-11-21(17)18-9-8-15(12-19)13(2)20-18/h4-9,17H,3,10-11H2,1-2H3. The van der Waals surface area contributed by atoms with Gasteiger partial charge in [0.1, 0.15) is 11.9 Å². The van der Waals surface area contributed by atoms with Crippen LogP contribution >= 0.6 is 0 Å². The van der Waals surface area contributed by atoms with Gasteiger partial charge in [0.15, 0.2) is 0 Å². The summed E-state index contributed by atoms with van der Waals surface area (Å²) in [5, 5.41) is 9.04. The molecule has 0 fully saturated rings. The molecule has 3 nitrogen and oxygen atoms in total. The van der Waals surface area contributed by atoms with Crippen molar-refractivity contribution in [2.24, 2.45) is 0 Å². The van der Waals surface area contributed by atoms with E-state index in [1.165, 1.54) is 11.1 Å². The quantitative estimate of drug-likeness (QED) is 0.838. The smallest absolute Gasteiger partial charge is 0.129 e. The molecule has 0 spiro atoms. The summed E-state index contributed by atoms with van der Waals surface area (Å²) < 4.78 is 0. The van der Waals surface area contributed by atoms with E-state index in [1.807, 2.05) is 19.1 Å². The minimum absolute atomic E-state index is 0.370. The van der Waals surface area contributed by atoms with Crippen LogP contribution in [0.1, 0.15) is 41.8 Å². The molecule has 0 amide bonds. The lowest BCUT2D eigenvalue weighted by atomic mass is 9.91. The number of benzene rings is 1. The second kappa shape index (κ2) is 5.57. The van der Waals surface area contributed by atoms with E-state index in [9.17, 15) is 0 Å². The van der Waals surface area contributed by atoms with Gasteiger partial charge in [-0.1, -0.05) is 31.2 Å². The number of fused-ring (bicyclic) bond motifs is 1. The molecule has 0 saturated heterocycles. The van der Waals surface area contributed by atoms with Gasteiger partial charge in [0.05, 0.1) is 17.3 Å². The molecule has 2 aromatic rings. The van der Waals surface area contributed by atoms with Crippen LogP contribution in [0.4, 0.5) is 5.82 Å². The zero-order valence-corrected chi connectivity index (χ0v) is 12.5. The number of pyridine rings is 1. The monoisotopic (exact) mass is 277 g/mol. The number of aryl methyl sites for hydroxylation is 1. The predicted octanol–water partition coefficient (Wildman–Crippen LogP) is 3.78. The Morgan fingerprint density at radius 1 is 1.29 bits per heavy atom. The molecular weight excluding hydrogens is 258 g/mol. The number of aromatic nitrogens is 1. The second-order valence-electron chi connectivity index (χ2n) is 5.48. The first kappa shape index (κ1) is 13.6. The van der Waals surface area contributed by atoms with E-state index in [-0.39, 0.29) is 0 Å². The Kier molecular flexibility index (Phi) is 3.62. The molecule has 0 bridgehead atoms. The lowest BCUT2D eigenvalue weighted by Gasteiger charge is -2.38. The predicted molar refractivity (Wildman–Crippen MR) is 84.2 cm³/mol. The van der Waals surface area contributed by atoms with Crippen LogP contribution in [0.25, 0.3) is 0 Å². The molecule has 0 N–H and O–H groups in total. The second-order valence-corrected chi connectivity index (χ2v) is 5.48. The van der Waals surface area contributed by atoms with Crippen molar-refractivity contribution in [1.82, 2.24) is 4.98 Å². The molecule has 1 aliphatic rings. The topological polar surface area (TPSA) is 39.9 Å². The van der Waals surface area contributed by atoms with Crippen LogP contribution < -0.4 is 4.90 Å². The molecule has 1 aliphatic heterocycles. The van der Waals surface area contributed by atoms with Crippen LogP contribution in [0.3, 0.4) is 0 Å². The van der Waals surface area contributed by atoms with Crippen molar-refractivity contribution in [3.63, 3.8) is 0 Å². The van der Waals surface area contributed by atoms with Crippen LogP contribution in [0.15, 0.2) is 36.4 Å². The summed E-state index contributed by atoms with van der Waals surface area (Å²) in [6, 6.07) is 15.1. The maximum atomic E-state index is 9.04. The molecule has 3 heteroatoms. The zero-order chi connectivity index (χ0) is 14.8. The fourth-order valence-electron chi connectivity index (χ4n) is 3.19. The van der Waals surface area contributed by atoms with Crippen molar-refractivity contribution < 1.29 is 0 Å². The van der Waals surface area contributed by atoms with Gasteiger partial charge in [0.25, 0.3) is 0 Å². The minimum atomic E-state index is 0.370. The lowest BCUT2D eigenvalue weighted by Crippen LogP contribution is -2.35. The van der Waals surface area contributed by atoms with E-state index in [2.05, 4.69) is 47.1 Å². The SMILES string of the molecule is CCC1c2ccccc2CCN1c1ccc(C#N)c(C)n1. The van der Waals surface area contributed by atoms with Crippen LogP contribution in [-0.2, 0) is 6.42 Å². The third kappa shape index (κ3) is 2.38. The van der Waals surface area contributed by atoms with Gasteiger partial charge in [0, 0.05) is 6.54 Å². The molecule has 3 rings (SSSR count). The Labute approximate surface area is 125 Å². The van der Waals surface area contributed by atoms with Gasteiger partial charge in [-0.25, -0.2) is 4.98 Å². The summed E-state index contributed by atoms with van der Waals surface area (Å²) in [5.74, 6) is 0.979. The Hall–Kier alpha value is -2.34. The van der Waals surface area contributed by atoms with Crippen molar-refractivity contribution in [1.29, 1.82) is 5.26 Å². The van der Waals surface area contributed by atoms with E-state index in [0.717, 1.165) is 30.9 Å². The maximum Gasteiger partial charge on any atom is 0.129 e. The average molecular weight is 277 g/mol. The third-order valence-corrected chi connectivity index (χ3v) is 4.28. The van der Waals surface area contributed by atoms with Crippen molar-refractivity contribution >= 4 is 5.82 Å². The van der Waals surface area contributed by atoms with Gasteiger partial charge >= 0.3 is 0 Å². The molecular formula is C18H19N3.